The summed E-state index contributed by atoms with van der Waals surface area (Å²) in [5.41, 5.74) is 5.13. The van der Waals surface area contributed by atoms with Crippen LogP contribution in [-0.2, 0) is 9.53 Å². The van der Waals surface area contributed by atoms with E-state index >= 15 is 0 Å². The van der Waals surface area contributed by atoms with Crippen LogP contribution in [0.25, 0.3) is 0 Å². The molecule has 1 aromatic rings. The van der Waals surface area contributed by atoms with Gasteiger partial charge in [0.2, 0.25) is 0 Å². The summed E-state index contributed by atoms with van der Waals surface area (Å²) in [6, 6.07) is 10.5. The zero-order chi connectivity index (χ0) is 15.7. The summed E-state index contributed by atoms with van der Waals surface area (Å²) >= 11 is 0. The summed E-state index contributed by atoms with van der Waals surface area (Å²) in [7, 11) is 0. The lowest BCUT2D eigenvalue weighted by atomic mass is 9.88. The lowest BCUT2D eigenvalue weighted by molar-refractivity contribution is -0.138. The molecular formula is C17H23N3O2. The molecule has 3 rings (SSSR count). The van der Waals surface area contributed by atoms with Crippen molar-refractivity contribution in [3.05, 3.63) is 47.3 Å². The predicted molar refractivity (Wildman–Crippen MR) is 84.5 cm³/mol. The van der Waals surface area contributed by atoms with Crippen LogP contribution < -0.4 is 10.7 Å². The highest BCUT2D eigenvalue weighted by atomic mass is 16.5. The van der Waals surface area contributed by atoms with Crippen molar-refractivity contribution in [3.8, 4) is 0 Å². The fourth-order valence-corrected chi connectivity index (χ4v) is 3.20. The van der Waals surface area contributed by atoms with Crippen LogP contribution >= 0.6 is 0 Å². The second-order valence-electron chi connectivity index (χ2n) is 6.34. The van der Waals surface area contributed by atoms with Gasteiger partial charge in [-0.25, -0.2) is 10.2 Å². The van der Waals surface area contributed by atoms with Crippen LogP contribution in [0.5, 0.6) is 0 Å². The van der Waals surface area contributed by atoms with Crippen molar-refractivity contribution in [1.29, 1.82) is 0 Å². The first-order valence-corrected chi connectivity index (χ1v) is 7.78. The highest BCUT2D eigenvalue weighted by Crippen LogP contribution is 2.37. The van der Waals surface area contributed by atoms with Crippen molar-refractivity contribution in [2.75, 3.05) is 13.2 Å². The minimum Gasteiger partial charge on any atom is -0.462 e. The number of carbonyl (C=O) groups is 1. The Morgan fingerprint density at radius 2 is 2.09 bits per heavy atom. The number of carbonyl (C=O) groups excluding carboxylic acids is 1. The highest BCUT2D eigenvalue weighted by Gasteiger charge is 2.43. The van der Waals surface area contributed by atoms with Crippen molar-refractivity contribution in [2.45, 2.75) is 38.8 Å². The molecule has 2 aliphatic heterocycles. The Kier molecular flexibility index (Phi) is 3.83. The van der Waals surface area contributed by atoms with E-state index in [4.69, 9.17) is 4.74 Å². The van der Waals surface area contributed by atoms with Gasteiger partial charge in [0.25, 0.3) is 0 Å². The Hall–Kier alpha value is -2.01. The molecule has 0 saturated carbocycles. The van der Waals surface area contributed by atoms with E-state index in [9.17, 15) is 4.79 Å². The molecule has 0 aliphatic carbocycles. The van der Waals surface area contributed by atoms with E-state index in [1.54, 1.807) is 0 Å². The molecule has 1 aromatic carbocycles. The number of hydrazine groups is 1. The Labute approximate surface area is 131 Å². The number of ether oxygens (including phenoxy) is 1. The summed E-state index contributed by atoms with van der Waals surface area (Å²) in [5.74, 6) is 0.605. The molecular weight excluding hydrogens is 278 g/mol. The summed E-state index contributed by atoms with van der Waals surface area (Å²) in [4.78, 5) is 12.2. The van der Waals surface area contributed by atoms with Gasteiger partial charge < -0.3 is 10.1 Å². The van der Waals surface area contributed by atoms with Gasteiger partial charge >= 0.3 is 5.97 Å². The molecule has 0 bridgehead atoms. The molecule has 0 aromatic heterocycles. The molecule has 1 fully saturated rings. The summed E-state index contributed by atoms with van der Waals surface area (Å²) in [6.07, 6.45) is 0.948. The van der Waals surface area contributed by atoms with Crippen molar-refractivity contribution in [3.63, 3.8) is 0 Å². The van der Waals surface area contributed by atoms with Crippen LogP contribution in [0, 0.1) is 0 Å². The smallest absolute Gasteiger partial charge is 0.339 e. The first-order valence-electron chi connectivity index (χ1n) is 7.78. The Balaban J connectivity index is 1.94. The average molecular weight is 301 g/mol. The first kappa shape index (κ1) is 14.9. The summed E-state index contributed by atoms with van der Waals surface area (Å²) < 4.78 is 5.18. The molecule has 1 atom stereocenters. The molecule has 0 amide bonds. The van der Waals surface area contributed by atoms with Crippen molar-refractivity contribution >= 4 is 5.97 Å². The third-order valence-electron chi connectivity index (χ3n) is 4.27. The SMILES string of the molecule is CCOC(=O)C1=C2NC(c3ccccc3)CC(C)(C)N2NC1. The Morgan fingerprint density at radius 1 is 1.36 bits per heavy atom. The molecule has 0 spiro atoms. The van der Waals surface area contributed by atoms with E-state index in [-0.39, 0.29) is 17.6 Å². The van der Waals surface area contributed by atoms with E-state index in [1.165, 1.54) is 5.56 Å². The molecule has 2 N–H and O–H groups in total. The monoisotopic (exact) mass is 301 g/mol. The molecule has 5 heteroatoms. The van der Waals surface area contributed by atoms with Crippen molar-refractivity contribution in [1.82, 2.24) is 15.8 Å². The number of nitrogens with zero attached hydrogens (tertiary/aromatic N) is 1. The molecule has 22 heavy (non-hydrogen) atoms. The van der Waals surface area contributed by atoms with Gasteiger partial charge in [0, 0.05) is 0 Å². The van der Waals surface area contributed by atoms with Crippen LogP contribution in [0.3, 0.4) is 0 Å². The van der Waals surface area contributed by atoms with Crippen LogP contribution in [0.2, 0.25) is 0 Å². The van der Waals surface area contributed by atoms with Gasteiger partial charge in [-0.2, -0.15) is 0 Å². The standard InChI is InChI=1S/C17H23N3O2/c1-4-22-16(21)13-11-18-20-15(13)19-14(10-17(20,2)3)12-8-6-5-7-9-12/h5-9,14,18-19H,4,10-11H2,1-3H3. The summed E-state index contributed by atoms with van der Waals surface area (Å²) in [6.45, 7) is 7.09. The number of benzene rings is 1. The zero-order valence-electron chi connectivity index (χ0n) is 13.3. The van der Waals surface area contributed by atoms with Gasteiger partial charge in [-0.1, -0.05) is 30.3 Å². The first-order chi connectivity index (χ1) is 10.5. The quantitative estimate of drug-likeness (QED) is 0.837. The van der Waals surface area contributed by atoms with E-state index < -0.39 is 0 Å². The normalized spacial score (nSPS) is 23.0. The maximum absolute atomic E-state index is 12.2. The molecule has 5 nitrogen and oxygen atoms in total. The fraction of sp³-hybridized carbons (Fsp3) is 0.471. The van der Waals surface area contributed by atoms with Gasteiger partial charge in [-0.15, -0.1) is 0 Å². The molecule has 2 heterocycles. The largest absolute Gasteiger partial charge is 0.462 e. The molecule has 1 unspecified atom stereocenters. The third kappa shape index (κ3) is 2.57. The minimum absolute atomic E-state index is 0.0880. The maximum Gasteiger partial charge on any atom is 0.339 e. The number of rotatable bonds is 3. The highest BCUT2D eigenvalue weighted by molar-refractivity contribution is 5.90. The molecule has 118 valence electrons. The lowest BCUT2D eigenvalue weighted by Gasteiger charge is -2.46. The lowest BCUT2D eigenvalue weighted by Crippen LogP contribution is -2.56. The second kappa shape index (κ2) is 5.65. The van der Waals surface area contributed by atoms with Gasteiger partial charge in [0.05, 0.1) is 30.3 Å². The Morgan fingerprint density at radius 3 is 2.77 bits per heavy atom. The molecule has 1 saturated heterocycles. The number of hydrogen-bond acceptors (Lipinski definition) is 5. The number of esters is 1. The molecule has 2 aliphatic rings. The van der Waals surface area contributed by atoms with Crippen molar-refractivity contribution < 1.29 is 9.53 Å². The number of hydrogen-bond donors (Lipinski definition) is 2. The van der Waals surface area contributed by atoms with E-state index in [0.717, 1.165) is 12.2 Å². The number of fused-ring (bicyclic) bond motifs is 1. The molecule has 0 radical (unpaired) electrons. The second-order valence-corrected chi connectivity index (χ2v) is 6.34. The maximum atomic E-state index is 12.2. The summed E-state index contributed by atoms with van der Waals surface area (Å²) in [5, 5.41) is 5.59. The minimum atomic E-state index is -0.246. The Bertz CT molecular complexity index is 595. The number of nitrogens with one attached hydrogen (secondary N) is 2. The van der Waals surface area contributed by atoms with E-state index in [1.807, 2.05) is 25.1 Å². The van der Waals surface area contributed by atoms with Gasteiger partial charge in [-0.05, 0) is 32.8 Å². The van der Waals surface area contributed by atoms with Gasteiger partial charge in [0.1, 0.15) is 5.82 Å². The van der Waals surface area contributed by atoms with Gasteiger partial charge in [-0.3, -0.25) is 5.01 Å². The van der Waals surface area contributed by atoms with E-state index in [2.05, 4.69) is 41.7 Å². The van der Waals surface area contributed by atoms with Crippen LogP contribution in [0.1, 0.15) is 38.8 Å². The van der Waals surface area contributed by atoms with Crippen LogP contribution in [0.15, 0.2) is 41.7 Å². The average Bonchev–Trinajstić information content (AvgIpc) is 2.93. The van der Waals surface area contributed by atoms with Gasteiger partial charge in [0.15, 0.2) is 0 Å². The van der Waals surface area contributed by atoms with E-state index in [0.29, 0.717) is 18.7 Å². The van der Waals surface area contributed by atoms with Crippen molar-refractivity contribution in [2.24, 2.45) is 0 Å². The predicted octanol–water partition coefficient (Wildman–Crippen LogP) is 2.09. The van der Waals surface area contributed by atoms with Crippen LogP contribution in [0.4, 0.5) is 0 Å². The third-order valence-corrected chi connectivity index (χ3v) is 4.27. The topological polar surface area (TPSA) is 53.6 Å². The zero-order valence-corrected chi connectivity index (χ0v) is 13.3. The van der Waals surface area contributed by atoms with Crippen LogP contribution in [-0.4, -0.2) is 29.7 Å². The fourth-order valence-electron chi connectivity index (χ4n) is 3.20.